The summed E-state index contributed by atoms with van der Waals surface area (Å²) in [7, 11) is -2.89. The fourth-order valence-electron chi connectivity index (χ4n) is 2.80. The van der Waals surface area contributed by atoms with Gasteiger partial charge in [0.25, 0.3) is 0 Å². The van der Waals surface area contributed by atoms with Gasteiger partial charge >= 0.3 is 0 Å². The molecule has 1 N–H and O–H groups in total. The predicted molar refractivity (Wildman–Crippen MR) is 70.7 cm³/mol. The second kappa shape index (κ2) is 5.70. The van der Waals surface area contributed by atoms with E-state index in [1.807, 2.05) is 0 Å². The van der Waals surface area contributed by atoms with Crippen molar-refractivity contribution in [1.82, 2.24) is 0 Å². The van der Waals surface area contributed by atoms with E-state index in [0.29, 0.717) is 24.7 Å². The Bertz CT molecular complexity index is 337. The van der Waals surface area contributed by atoms with Crippen molar-refractivity contribution in [3.8, 4) is 0 Å². The van der Waals surface area contributed by atoms with Crippen LogP contribution in [0.4, 0.5) is 0 Å². The first-order valence-corrected chi connectivity index (χ1v) is 8.54. The van der Waals surface area contributed by atoms with Gasteiger partial charge in [-0.05, 0) is 37.5 Å². The Morgan fingerprint density at radius 2 is 1.94 bits per heavy atom. The molecule has 4 heteroatoms. The van der Waals surface area contributed by atoms with Gasteiger partial charge in [-0.1, -0.05) is 27.2 Å². The highest BCUT2D eigenvalue weighted by Gasteiger charge is 2.38. The van der Waals surface area contributed by atoms with E-state index >= 15 is 0 Å². The van der Waals surface area contributed by atoms with Crippen LogP contribution < -0.4 is 0 Å². The van der Waals surface area contributed by atoms with E-state index in [4.69, 9.17) is 0 Å². The van der Waals surface area contributed by atoms with Crippen LogP contribution in [-0.2, 0) is 9.84 Å². The number of hydrogen-bond acceptors (Lipinski definition) is 3. The van der Waals surface area contributed by atoms with Gasteiger partial charge < -0.3 is 5.11 Å². The highest BCUT2D eigenvalue weighted by atomic mass is 32.2. The third-order valence-corrected chi connectivity index (χ3v) is 6.01. The number of aliphatic hydroxyl groups is 1. The van der Waals surface area contributed by atoms with Gasteiger partial charge in [-0.15, -0.1) is 0 Å². The van der Waals surface area contributed by atoms with Gasteiger partial charge in [-0.25, -0.2) is 8.42 Å². The highest BCUT2D eigenvalue weighted by Crippen LogP contribution is 2.39. The third kappa shape index (κ3) is 4.25. The van der Waals surface area contributed by atoms with Crippen molar-refractivity contribution in [3.63, 3.8) is 0 Å². The average molecular weight is 262 g/mol. The van der Waals surface area contributed by atoms with E-state index in [-0.39, 0.29) is 11.5 Å². The molecule has 0 aromatic rings. The molecule has 1 aliphatic rings. The molecule has 0 bridgehead atoms. The number of hydrogen-bond donors (Lipinski definition) is 1. The molecule has 0 saturated heterocycles. The second-order valence-corrected chi connectivity index (χ2v) is 8.20. The Hall–Kier alpha value is -0.0900. The first kappa shape index (κ1) is 15.0. The summed E-state index contributed by atoms with van der Waals surface area (Å²) in [6, 6.07) is 0. The third-order valence-electron chi connectivity index (χ3n) is 4.22. The minimum Gasteiger partial charge on any atom is -0.390 e. The van der Waals surface area contributed by atoms with Crippen molar-refractivity contribution in [2.45, 2.75) is 58.5 Å². The first-order valence-electron chi connectivity index (χ1n) is 6.72. The van der Waals surface area contributed by atoms with E-state index in [0.717, 1.165) is 12.8 Å². The monoisotopic (exact) mass is 262 g/mol. The van der Waals surface area contributed by atoms with Crippen LogP contribution in [0.25, 0.3) is 0 Å². The summed E-state index contributed by atoms with van der Waals surface area (Å²) in [5, 5.41) is 10.6. The maximum Gasteiger partial charge on any atom is 0.150 e. The summed E-state index contributed by atoms with van der Waals surface area (Å²) in [6.07, 6.45) is 4.26. The van der Waals surface area contributed by atoms with Crippen LogP contribution in [0.5, 0.6) is 0 Å². The molecule has 1 aliphatic carbocycles. The molecule has 1 saturated carbocycles. The van der Waals surface area contributed by atoms with Crippen molar-refractivity contribution in [1.29, 1.82) is 0 Å². The van der Waals surface area contributed by atoms with Crippen LogP contribution in [0.1, 0.15) is 52.9 Å². The van der Waals surface area contributed by atoms with Crippen LogP contribution >= 0.6 is 0 Å². The maximum absolute atomic E-state index is 11.4. The molecule has 0 aliphatic heterocycles. The average Bonchev–Trinajstić information content (AvgIpc) is 2.24. The number of sulfone groups is 1. The Kier molecular flexibility index (Phi) is 5.02. The largest absolute Gasteiger partial charge is 0.390 e. The molecule has 0 aromatic heterocycles. The fraction of sp³-hybridized carbons (Fsp3) is 1.00. The van der Waals surface area contributed by atoms with Crippen molar-refractivity contribution in [2.24, 2.45) is 11.8 Å². The summed E-state index contributed by atoms with van der Waals surface area (Å²) in [5.41, 5.74) is -0.638. The van der Waals surface area contributed by atoms with Gasteiger partial charge in [-0.2, -0.15) is 0 Å². The smallest absolute Gasteiger partial charge is 0.150 e. The molecule has 0 aromatic carbocycles. The van der Waals surface area contributed by atoms with Crippen molar-refractivity contribution in [2.75, 3.05) is 11.5 Å². The lowest BCUT2D eigenvalue weighted by Gasteiger charge is -2.41. The fourth-order valence-corrected chi connectivity index (χ4v) is 3.67. The molecule has 0 amide bonds. The van der Waals surface area contributed by atoms with Crippen LogP contribution in [0.15, 0.2) is 0 Å². The van der Waals surface area contributed by atoms with Gasteiger partial charge in [0.15, 0.2) is 0 Å². The molecule has 1 fully saturated rings. The van der Waals surface area contributed by atoms with Gasteiger partial charge in [0.1, 0.15) is 9.84 Å². The van der Waals surface area contributed by atoms with Crippen molar-refractivity contribution < 1.29 is 13.5 Å². The molecule has 3 unspecified atom stereocenters. The summed E-state index contributed by atoms with van der Waals surface area (Å²) in [4.78, 5) is 0. The van der Waals surface area contributed by atoms with Gasteiger partial charge in [0.2, 0.25) is 0 Å². The molecular weight excluding hydrogens is 236 g/mol. The summed E-state index contributed by atoms with van der Waals surface area (Å²) in [5.74, 6) is 1.27. The highest BCUT2D eigenvalue weighted by molar-refractivity contribution is 7.91. The summed E-state index contributed by atoms with van der Waals surface area (Å²) < 4.78 is 22.8. The van der Waals surface area contributed by atoms with E-state index in [2.05, 4.69) is 13.8 Å². The van der Waals surface area contributed by atoms with E-state index in [1.165, 1.54) is 6.42 Å². The minimum absolute atomic E-state index is 0.206. The zero-order chi connectivity index (χ0) is 13.1. The molecular formula is C13H26O3S. The van der Waals surface area contributed by atoms with E-state index in [9.17, 15) is 13.5 Å². The van der Waals surface area contributed by atoms with Crippen molar-refractivity contribution >= 4 is 9.84 Å². The zero-order valence-electron chi connectivity index (χ0n) is 11.3. The van der Waals surface area contributed by atoms with Gasteiger partial charge in [0, 0.05) is 5.75 Å². The van der Waals surface area contributed by atoms with Crippen LogP contribution in [0.3, 0.4) is 0 Å². The molecule has 0 heterocycles. The normalized spacial score (nSPS) is 34.8. The van der Waals surface area contributed by atoms with E-state index in [1.54, 1.807) is 6.92 Å². The van der Waals surface area contributed by atoms with E-state index < -0.39 is 15.4 Å². The summed E-state index contributed by atoms with van der Waals surface area (Å²) >= 11 is 0. The molecule has 3 atom stereocenters. The number of rotatable bonds is 5. The maximum atomic E-state index is 11.4. The lowest BCUT2D eigenvalue weighted by atomic mass is 9.70. The minimum atomic E-state index is -2.89. The van der Waals surface area contributed by atoms with Crippen molar-refractivity contribution in [3.05, 3.63) is 0 Å². The first-order chi connectivity index (χ1) is 7.79. The predicted octanol–water partition coefficient (Wildman–Crippen LogP) is 2.39. The van der Waals surface area contributed by atoms with Crippen LogP contribution in [0, 0.1) is 11.8 Å². The molecule has 17 heavy (non-hydrogen) atoms. The lowest BCUT2D eigenvalue weighted by molar-refractivity contribution is -0.0631. The quantitative estimate of drug-likeness (QED) is 0.827. The molecule has 3 nitrogen and oxygen atoms in total. The zero-order valence-corrected chi connectivity index (χ0v) is 12.1. The van der Waals surface area contributed by atoms with Gasteiger partial charge in [0.05, 0.1) is 11.4 Å². The lowest BCUT2D eigenvalue weighted by Crippen LogP contribution is -2.42. The summed E-state index contributed by atoms with van der Waals surface area (Å²) in [6.45, 7) is 5.93. The molecule has 102 valence electrons. The molecule has 0 radical (unpaired) electrons. The SMILES string of the molecule is CCS(=O)(=O)CCCC1(O)CC(C)CCC1C. The van der Waals surface area contributed by atoms with Crippen LogP contribution in [-0.4, -0.2) is 30.6 Å². The Labute approximate surface area is 106 Å². The Balaban J connectivity index is 2.49. The Morgan fingerprint density at radius 3 is 2.53 bits per heavy atom. The topological polar surface area (TPSA) is 54.4 Å². The molecule has 0 spiro atoms. The van der Waals surface area contributed by atoms with Crippen LogP contribution in [0.2, 0.25) is 0 Å². The molecule has 1 rings (SSSR count). The Morgan fingerprint density at radius 1 is 1.29 bits per heavy atom. The second-order valence-electron chi connectivity index (χ2n) is 5.73. The standard InChI is InChI=1S/C13H26O3S/c1-4-17(15,16)9-5-8-13(14)10-11(2)6-7-12(13)3/h11-12,14H,4-10H2,1-3H3. The van der Waals surface area contributed by atoms with Gasteiger partial charge in [-0.3, -0.25) is 0 Å².